The summed E-state index contributed by atoms with van der Waals surface area (Å²) in [5, 5.41) is 5.18. The van der Waals surface area contributed by atoms with E-state index in [1.54, 1.807) is 0 Å². The molecule has 0 aromatic rings. The summed E-state index contributed by atoms with van der Waals surface area (Å²) in [7, 11) is 0. The fourth-order valence-corrected chi connectivity index (χ4v) is 6.81. The lowest BCUT2D eigenvalue weighted by Gasteiger charge is -2.44. The number of hydrogen-bond acceptors (Lipinski definition) is 6. The van der Waals surface area contributed by atoms with E-state index in [9.17, 15) is 0 Å². The van der Waals surface area contributed by atoms with Crippen molar-refractivity contribution in [1.82, 2.24) is 15.1 Å². The number of nitrogens with one attached hydrogen (secondary N) is 1. The van der Waals surface area contributed by atoms with Crippen LogP contribution in [0.5, 0.6) is 0 Å². The SMILES string of the molecule is C=C=C(NC1=C=CC=C(CN2CCCC(C)C2)S1)N(C1CCCCC1)C1CCCCC1.CC(C)SO.[HH]. The number of allylic oxidation sites excluding steroid dienone is 2. The summed E-state index contributed by atoms with van der Waals surface area (Å²) < 4.78 is 8.06. The van der Waals surface area contributed by atoms with Crippen LogP contribution in [0.1, 0.15) is 99.2 Å². The van der Waals surface area contributed by atoms with Gasteiger partial charge in [-0.2, -0.15) is 0 Å². The van der Waals surface area contributed by atoms with Crippen molar-refractivity contribution in [1.29, 1.82) is 0 Å². The van der Waals surface area contributed by atoms with Crippen molar-refractivity contribution in [3.8, 4) is 0 Å². The molecule has 1 saturated heterocycles. The molecule has 2 aliphatic carbocycles. The van der Waals surface area contributed by atoms with E-state index in [1.807, 2.05) is 25.6 Å². The molecule has 2 saturated carbocycles. The predicted octanol–water partition coefficient (Wildman–Crippen LogP) is 8.38. The smallest absolute Gasteiger partial charge is 0.152 e. The minimum Gasteiger partial charge on any atom is -0.346 e. The van der Waals surface area contributed by atoms with Crippen LogP contribution < -0.4 is 5.32 Å². The molecule has 204 valence electrons. The molecule has 1 atom stereocenters. The van der Waals surface area contributed by atoms with Gasteiger partial charge in [0.1, 0.15) is 5.03 Å². The van der Waals surface area contributed by atoms with Crippen molar-refractivity contribution in [3.63, 3.8) is 0 Å². The monoisotopic (exact) mass is 533 g/mol. The van der Waals surface area contributed by atoms with Crippen molar-refractivity contribution >= 4 is 23.8 Å². The Bertz CT molecular complexity index is 803. The van der Waals surface area contributed by atoms with Gasteiger partial charge in [0.2, 0.25) is 0 Å². The van der Waals surface area contributed by atoms with Gasteiger partial charge in [-0.25, -0.2) is 0 Å². The normalized spacial score (nSPS) is 23.8. The van der Waals surface area contributed by atoms with Crippen molar-refractivity contribution in [2.75, 3.05) is 19.6 Å². The molecular formula is C30H51N3OS2. The Balaban J connectivity index is 0.000000734. The molecule has 2 aliphatic heterocycles. The molecule has 0 radical (unpaired) electrons. The van der Waals surface area contributed by atoms with E-state index in [0.717, 1.165) is 35.4 Å². The van der Waals surface area contributed by atoms with Gasteiger partial charge in [-0.15, -0.1) is 0 Å². The van der Waals surface area contributed by atoms with Crippen LogP contribution in [0.15, 0.2) is 45.9 Å². The highest BCUT2D eigenvalue weighted by Gasteiger charge is 2.31. The van der Waals surface area contributed by atoms with Gasteiger partial charge in [-0.05, 0) is 75.2 Å². The molecule has 4 rings (SSSR count). The zero-order chi connectivity index (χ0) is 25.8. The largest absolute Gasteiger partial charge is 0.346 e. The Morgan fingerprint density at radius 2 is 1.78 bits per heavy atom. The molecule has 0 spiro atoms. The highest BCUT2D eigenvalue weighted by molar-refractivity contribution is 8.06. The third-order valence-corrected chi connectivity index (χ3v) is 9.02. The summed E-state index contributed by atoms with van der Waals surface area (Å²) in [4.78, 5) is 6.72. The third kappa shape index (κ3) is 9.71. The molecule has 0 amide bonds. The molecule has 0 bridgehead atoms. The molecule has 6 heteroatoms. The summed E-state index contributed by atoms with van der Waals surface area (Å²) in [6.07, 6.45) is 20.5. The average molecular weight is 534 g/mol. The Morgan fingerprint density at radius 1 is 1.17 bits per heavy atom. The Morgan fingerprint density at radius 3 is 2.31 bits per heavy atom. The van der Waals surface area contributed by atoms with Gasteiger partial charge < -0.3 is 14.8 Å². The van der Waals surface area contributed by atoms with E-state index in [4.69, 9.17) is 4.55 Å². The van der Waals surface area contributed by atoms with Crippen molar-refractivity contribution in [2.24, 2.45) is 5.92 Å². The Kier molecular flexibility index (Phi) is 13.2. The van der Waals surface area contributed by atoms with Crippen molar-refractivity contribution < 1.29 is 5.98 Å². The maximum Gasteiger partial charge on any atom is 0.152 e. The molecule has 4 nitrogen and oxygen atoms in total. The van der Waals surface area contributed by atoms with Gasteiger partial charge in [-0.3, -0.25) is 4.90 Å². The van der Waals surface area contributed by atoms with Gasteiger partial charge >= 0.3 is 0 Å². The van der Waals surface area contributed by atoms with Crippen LogP contribution in [-0.4, -0.2) is 51.3 Å². The van der Waals surface area contributed by atoms with Gasteiger partial charge in [0.25, 0.3) is 0 Å². The number of rotatable bonds is 8. The standard InChI is InChI=1S/C27H41N3S.C3H8OS.H2/c1-3-26(30(23-13-6-4-7-14-23)24-15-8-5-9-16-24)28-27-18-10-17-25(31-27)21-29-19-11-12-22(2)20-29;1-3(2)5-4;/h10,17,22-24,28H,1,4-9,11-16,19-21H2,2H3;3-4H,1-2H3;1H. The Hall–Kier alpha value is -1.000. The molecule has 1 unspecified atom stereocenters. The fourth-order valence-electron chi connectivity index (χ4n) is 5.89. The van der Waals surface area contributed by atoms with Crippen LogP contribution in [0.2, 0.25) is 0 Å². The summed E-state index contributed by atoms with van der Waals surface area (Å²) >= 11 is 2.73. The zero-order valence-corrected chi connectivity index (χ0v) is 24.6. The van der Waals surface area contributed by atoms with Gasteiger partial charge in [0, 0.05) is 36.8 Å². The second kappa shape index (κ2) is 16.1. The maximum absolute atomic E-state index is 8.06. The van der Waals surface area contributed by atoms with Crippen molar-refractivity contribution in [2.45, 2.75) is 115 Å². The Labute approximate surface area is 231 Å². The number of piperidine rings is 1. The first-order valence-electron chi connectivity index (χ1n) is 14.3. The highest BCUT2D eigenvalue weighted by Crippen LogP contribution is 2.34. The quantitative estimate of drug-likeness (QED) is 0.241. The van der Waals surface area contributed by atoms with Gasteiger partial charge in [0.05, 0.1) is 0 Å². The number of thioether (sulfide) groups is 1. The number of hydrogen-bond donors (Lipinski definition) is 2. The second-order valence-corrected chi connectivity index (χ2v) is 13.4. The topological polar surface area (TPSA) is 38.7 Å². The van der Waals surface area contributed by atoms with Gasteiger partial charge in [0.15, 0.2) is 5.82 Å². The van der Waals surface area contributed by atoms with Crippen LogP contribution in [0.4, 0.5) is 0 Å². The van der Waals surface area contributed by atoms with E-state index in [1.165, 1.54) is 95.0 Å². The van der Waals surface area contributed by atoms with Crippen LogP contribution in [0.25, 0.3) is 0 Å². The molecular weight excluding hydrogens is 482 g/mol. The second-order valence-electron chi connectivity index (χ2n) is 11.2. The lowest BCUT2D eigenvalue weighted by Crippen LogP contribution is -2.47. The van der Waals surface area contributed by atoms with Crippen LogP contribution in [-0.2, 0) is 0 Å². The minimum absolute atomic E-state index is 0. The summed E-state index contributed by atoms with van der Waals surface area (Å²) in [5.74, 6) is 1.91. The first kappa shape index (κ1) is 29.6. The van der Waals surface area contributed by atoms with Crippen LogP contribution >= 0.6 is 23.8 Å². The number of likely N-dealkylation sites (tertiary alicyclic amines) is 1. The zero-order valence-electron chi connectivity index (χ0n) is 22.9. The lowest BCUT2D eigenvalue weighted by molar-refractivity contribution is 0.112. The van der Waals surface area contributed by atoms with Crippen LogP contribution in [0.3, 0.4) is 0 Å². The predicted molar refractivity (Wildman–Crippen MR) is 161 cm³/mol. The number of nitrogens with zero attached hydrogens (tertiary/aromatic N) is 2. The van der Waals surface area contributed by atoms with E-state index >= 15 is 0 Å². The minimum atomic E-state index is 0. The van der Waals surface area contributed by atoms with E-state index in [2.05, 4.69) is 52.2 Å². The van der Waals surface area contributed by atoms with E-state index in [-0.39, 0.29) is 1.43 Å². The first-order valence-corrected chi connectivity index (χ1v) is 16.0. The molecule has 4 aliphatic rings. The molecule has 0 aromatic carbocycles. The third-order valence-electron chi connectivity index (χ3n) is 7.64. The van der Waals surface area contributed by atoms with Crippen molar-refractivity contribution in [3.05, 3.63) is 45.9 Å². The first-order chi connectivity index (χ1) is 17.5. The molecule has 2 heterocycles. The van der Waals surface area contributed by atoms with Crippen LogP contribution in [0, 0.1) is 5.92 Å². The average Bonchev–Trinajstić information content (AvgIpc) is 2.90. The summed E-state index contributed by atoms with van der Waals surface area (Å²) in [5.41, 5.74) is 6.76. The lowest BCUT2D eigenvalue weighted by atomic mass is 9.88. The molecule has 2 N–H and O–H groups in total. The summed E-state index contributed by atoms with van der Waals surface area (Å²) in [6.45, 7) is 13.9. The molecule has 0 aromatic heterocycles. The fraction of sp³-hybridized carbons (Fsp3) is 0.733. The molecule has 3 fully saturated rings. The van der Waals surface area contributed by atoms with E-state index in [0.29, 0.717) is 17.3 Å². The summed E-state index contributed by atoms with van der Waals surface area (Å²) in [6, 6.07) is 1.27. The van der Waals surface area contributed by atoms with E-state index < -0.39 is 0 Å². The van der Waals surface area contributed by atoms with Gasteiger partial charge in [-0.1, -0.05) is 89.1 Å². The highest BCUT2D eigenvalue weighted by atomic mass is 32.2. The molecule has 36 heavy (non-hydrogen) atoms. The maximum atomic E-state index is 8.06.